The van der Waals surface area contributed by atoms with E-state index in [1.807, 2.05) is 13.8 Å². The molecule has 122 valence electrons. The van der Waals surface area contributed by atoms with Gasteiger partial charge in [-0.05, 0) is 34.6 Å². The van der Waals surface area contributed by atoms with Crippen molar-refractivity contribution in [3.05, 3.63) is 26.7 Å². The van der Waals surface area contributed by atoms with Gasteiger partial charge < -0.3 is 10.1 Å². The Hall–Kier alpha value is -2.45. The second kappa shape index (κ2) is 6.54. The average molecular weight is 312 g/mol. The molecule has 9 nitrogen and oxygen atoms in total. The maximum atomic E-state index is 12.1. The molecule has 22 heavy (non-hydrogen) atoms. The molecule has 0 spiro atoms. The molecule has 0 atom stereocenters. The summed E-state index contributed by atoms with van der Waals surface area (Å²) in [5.41, 5.74) is -2.33. The highest BCUT2D eigenvalue weighted by Crippen LogP contribution is 2.11. The fraction of sp³-hybridized carbons (Fsp3) is 0.615. The third kappa shape index (κ3) is 4.83. The third-order valence-electron chi connectivity index (χ3n) is 2.35. The summed E-state index contributed by atoms with van der Waals surface area (Å²) in [6, 6.07) is -0.0711. The number of hydrogen-bond donors (Lipinski definition) is 1. The van der Waals surface area contributed by atoms with Crippen molar-refractivity contribution in [2.75, 3.05) is 5.32 Å². The Labute approximate surface area is 127 Å². The molecule has 0 bridgehead atoms. The summed E-state index contributed by atoms with van der Waals surface area (Å²) < 4.78 is 6.04. The van der Waals surface area contributed by atoms with Crippen molar-refractivity contribution in [3.63, 3.8) is 0 Å². The van der Waals surface area contributed by atoms with Crippen LogP contribution in [0.2, 0.25) is 0 Å². The Kier molecular flexibility index (Phi) is 5.23. The number of rotatable bonds is 5. The zero-order valence-corrected chi connectivity index (χ0v) is 13.2. The topological polar surface area (TPSA) is 116 Å². The number of carbonyl (C=O) groups is 1. The van der Waals surface area contributed by atoms with Crippen LogP contribution < -0.4 is 10.9 Å². The lowest BCUT2D eigenvalue weighted by atomic mass is 10.2. The first kappa shape index (κ1) is 17.6. The maximum Gasteiger partial charge on any atom is 0.352 e. The van der Waals surface area contributed by atoms with Crippen molar-refractivity contribution in [1.29, 1.82) is 0 Å². The summed E-state index contributed by atoms with van der Waals surface area (Å²) in [6.07, 6.45) is 0.874. The van der Waals surface area contributed by atoms with Gasteiger partial charge in [0.1, 0.15) is 18.3 Å². The van der Waals surface area contributed by atoms with Crippen LogP contribution >= 0.6 is 0 Å². The lowest BCUT2D eigenvalue weighted by Gasteiger charge is -2.20. The average Bonchev–Trinajstić information content (AvgIpc) is 2.30. The summed E-state index contributed by atoms with van der Waals surface area (Å²) >= 11 is 0. The number of anilines is 1. The quantitative estimate of drug-likeness (QED) is 0.495. The van der Waals surface area contributed by atoms with Crippen molar-refractivity contribution in [2.24, 2.45) is 0 Å². The molecule has 1 aromatic heterocycles. The molecular formula is C13H20N4O5. The molecule has 0 aliphatic heterocycles. The minimum absolute atomic E-state index is 0.0711. The van der Waals surface area contributed by atoms with Crippen molar-refractivity contribution < 1.29 is 14.5 Å². The number of esters is 1. The van der Waals surface area contributed by atoms with Crippen molar-refractivity contribution >= 4 is 17.6 Å². The van der Waals surface area contributed by atoms with E-state index in [2.05, 4.69) is 10.3 Å². The molecule has 0 saturated heterocycles. The Morgan fingerprint density at radius 1 is 1.50 bits per heavy atom. The van der Waals surface area contributed by atoms with E-state index in [-0.39, 0.29) is 12.0 Å². The number of carbonyl (C=O) groups excluding carboxylic acids is 1. The van der Waals surface area contributed by atoms with Gasteiger partial charge in [-0.1, -0.05) is 0 Å². The summed E-state index contributed by atoms with van der Waals surface area (Å²) in [5.74, 6) is -0.597. The molecule has 0 aliphatic rings. The lowest BCUT2D eigenvalue weighted by Crippen LogP contribution is -2.33. The van der Waals surface area contributed by atoms with E-state index in [4.69, 9.17) is 4.74 Å². The highest BCUT2D eigenvalue weighted by atomic mass is 16.6. The van der Waals surface area contributed by atoms with Gasteiger partial charge in [0.2, 0.25) is 5.95 Å². The SMILES string of the molecule is CC(C)Nc1ncc([N+](=O)[O-])c(=O)n1CC(=O)OC(C)(C)C. The van der Waals surface area contributed by atoms with Gasteiger partial charge in [-0.2, -0.15) is 0 Å². The fourth-order valence-corrected chi connectivity index (χ4v) is 1.63. The largest absolute Gasteiger partial charge is 0.459 e. The van der Waals surface area contributed by atoms with E-state index >= 15 is 0 Å². The lowest BCUT2D eigenvalue weighted by molar-refractivity contribution is -0.386. The molecule has 1 N–H and O–H groups in total. The monoisotopic (exact) mass is 312 g/mol. The van der Waals surface area contributed by atoms with E-state index in [9.17, 15) is 19.7 Å². The number of nitrogens with zero attached hydrogens (tertiary/aromatic N) is 3. The molecule has 0 saturated carbocycles. The number of aromatic nitrogens is 2. The highest BCUT2D eigenvalue weighted by Gasteiger charge is 2.23. The molecule has 0 unspecified atom stereocenters. The van der Waals surface area contributed by atoms with Crippen LogP contribution in [0.25, 0.3) is 0 Å². The van der Waals surface area contributed by atoms with Gasteiger partial charge in [0.25, 0.3) is 0 Å². The smallest absolute Gasteiger partial charge is 0.352 e. The molecule has 1 rings (SSSR count). The van der Waals surface area contributed by atoms with Crippen LogP contribution in [0.1, 0.15) is 34.6 Å². The predicted molar refractivity (Wildman–Crippen MR) is 79.8 cm³/mol. The van der Waals surface area contributed by atoms with Gasteiger partial charge in [-0.3, -0.25) is 24.3 Å². The summed E-state index contributed by atoms with van der Waals surface area (Å²) in [6.45, 7) is 8.22. The van der Waals surface area contributed by atoms with Crippen molar-refractivity contribution in [3.8, 4) is 0 Å². The zero-order valence-electron chi connectivity index (χ0n) is 13.2. The molecule has 0 amide bonds. The minimum atomic E-state index is -0.908. The molecule has 1 heterocycles. The van der Waals surface area contributed by atoms with Crippen LogP contribution in [0.15, 0.2) is 11.0 Å². The molecule has 1 aromatic rings. The summed E-state index contributed by atoms with van der Waals surface area (Å²) in [7, 11) is 0. The van der Waals surface area contributed by atoms with Crippen LogP contribution in [-0.2, 0) is 16.1 Å². The normalized spacial score (nSPS) is 11.4. The zero-order chi connectivity index (χ0) is 17.1. The molecular weight excluding hydrogens is 292 g/mol. The Balaban J connectivity index is 3.23. The molecule has 9 heteroatoms. The van der Waals surface area contributed by atoms with Gasteiger partial charge in [0.05, 0.1) is 4.92 Å². The van der Waals surface area contributed by atoms with Crippen LogP contribution in [0.3, 0.4) is 0 Å². The molecule has 0 aliphatic carbocycles. The fourth-order valence-electron chi connectivity index (χ4n) is 1.63. The first-order valence-electron chi connectivity index (χ1n) is 6.74. The minimum Gasteiger partial charge on any atom is -0.459 e. The van der Waals surface area contributed by atoms with Gasteiger partial charge >= 0.3 is 17.2 Å². The standard InChI is InChI=1S/C13H20N4O5/c1-8(2)15-12-14-6-9(17(20)21)11(19)16(12)7-10(18)22-13(3,4)5/h6,8H,7H2,1-5H3,(H,14,15). The Bertz CT molecular complexity index is 630. The second-order valence-corrected chi connectivity index (χ2v) is 6.00. The van der Waals surface area contributed by atoms with Crippen molar-refractivity contribution in [2.45, 2.75) is 52.8 Å². The first-order valence-corrected chi connectivity index (χ1v) is 6.74. The Morgan fingerprint density at radius 3 is 2.55 bits per heavy atom. The Morgan fingerprint density at radius 2 is 2.09 bits per heavy atom. The first-order chi connectivity index (χ1) is 10.0. The molecule has 0 aromatic carbocycles. The molecule has 0 fully saturated rings. The predicted octanol–water partition coefficient (Wildman–Crippen LogP) is 1.31. The highest BCUT2D eigenvalue weighted by molar-refractivity contribution is 5.70. The number of nitrogens with one attached hydrogen (secondary N) is 1. The number of nitro groups is 1. The van der Waals surface area contributed by atoms with Gasteiger partial charge in [0, 0.05) is 6.04 Å². The summed E-state index contributed by atoms with van der Waals surface area (Å²) in [5, 5.41) is 13.7. The maximum absolute atomic E-state index is 12.1. The van der Waals surface area contributed by atoms with E-state index in [1.54, 1.807) is 20.8 Å². The summed E-state index contributed by atoms with van der Waals surface area (Å²) in [4.78, 5) is 37.9. The second-order valence-electron chi connectivity index (χ2n) is 6.00. The van der Waals surface area contributed by atoms with Crippen molar-refractivity contribution in [1.82, 2.24) is 9.55 Å². The van der Waals surface area contributed by atoms with Gasteiger partial charge in [-0.25, -0.2) is 4.98 Å². The van der Waals surface area contributed by atoms with Crippen LogP contribution in [0.5, 0.6) is 0 Å². The van der Waals surface area contributed by atoms with Crippen LogP contribution in [-0.4, -0.2) is 32.1 Å². The number of ether oxygens (including phenoxy) is 1. The van der Waals surface area contributed by atoms with E-state index < -0.39 is 34.3 Å². The van der Waals surface area contributed by atoms with Crippen LogP contribution in [0, 0.1) is 10.1 Å². The van der Waals surface area contributed by atoms with Gasteiger partial charge in [-0.15, -0.1) is 0 Å². The van der Waals surface area contributed by atoms with Gasteiger partial charge in [0.15, 0.2) is 0 Å². The third-order valence-corrected chi connectivity index (χ3v) is 2.35. The number of hydrogen-bond acceptors (Lipinski definition) is 7. The molecule has 0 radical (unpaired) electrons. The van der Waals surface area contributed by atoms with E-state index in [0.29, 0.717) is 0 Å². The van der Waals surface area contributed by atoms with Crippen LogP contribution in [0.4, 0.5) is 11.6 Å². The van der Waals surface area contributed by atoms with E-state index in [1.165, 1.54) is 0 Å². The van der Waals surface area contributed by atoms with E-state index in [0.717, 1.165) is 10.8 Å².